The number of anilines is 1. The summed E-state index contributed by atoms with van der Waals surface area (Å²) in [5.41, 5.74) is 2.96. The van der Waals surface area contributed by atoms with Crippen molar-refractivity contribution in [1.29, 1.82) is 0 Å². The van der Waals surface area contributed by atoms with Gasteiger partial charge in [-0.3, -0.25) is 9.79 Å². The Morgan fingerprint density at radius 2 is 1.87 bits per heavy atom. The number of rotatable bonds is 6. The number of benzene rings is 2. The van der Waals surface area contributed by atoms with E-state index in [1.54, 1.807) is 24.1 Å². The molecular formula is C22H25F3N4O2. The second-order valence-corrected chi connectivity index (χ2v) is 7.10. The van der Waals surface area contributed by atoms with Crippen molar-refractivity contribution in [3.8, 4) is 5.75 Å². The minimum absolute atomic E-state index is 0.0405. The topological polar surface area (TPSA) is 66.0 Å². The minimum atomic E-state index is -4.37. The molecule has 0 fully saturated rings. The van der Waals surface area contributed by atoms with Crippen molar-refractivity contribution in [2.24, 2.45) is 4.99 Å². The maximum atomic E-state index is 12.7. The zero-order valence-corrected chi connectivity index (χ0v) is 17.2. The Kier molecular flexibility index (Phi) is 7.38. The van der Waals surface area contributed by atoms with Crippen molar-refractivity contribution in [2.75, 3.05) is 31.6 Å². The van der Waals surface area contributed by atoms with E-state index in [2.05, 4.69) is 15.6 Å². The smallest absolute Gasteiger partial charge is 0.422 e. The van der Waals surface area contributed by atoms with Crippen LogP contribution in [0.3, 0.4) is 0 Å². The molecule has 1 heterocycles. The number of fused-ring (bicyclic) bond motifs is 1. The lowest BCUT2D eigenvalue weighted by molar-refractivity contribution is -0.153. The molecule has 2 aromatic rings. The van der Waals surface area contributed by atoms with Gasteiger partial charge in [0.2, 0.25) is 5.91 Å². The molecule has 0 atom stereocenters. The van der Waals surface area contributed by atoms with Crippen molar-refractivity contribution in [1.82, 2.24) is 10.6 Å². The van der Waals surface area contributed by atoms with Gasteiger partial charge in [-0.25, -0.2) is 0 Å². The van der Waals surface area contributed by atoms with Gasteiger partial charge in [0.15, 0.2) is 12.6 Å². The first-order valence-electron chi connectivity index (χ1n) is 9.97. The zero-order valence-electron chi connectivity index (χ0n) is 17.2. The van der Waals surface area contributed by atoms with Crippen LogP contribution in [0.4, 0.5) is 18.9 Å². The molecule has 9 heteroatoms. The highest BCUT2D eigenvalue weighted by molar-refractivity contribution is 5.98. The summed E-state index contributed by atoms with van der Waals surface area (Å²) in [6.45, 7) is -0.152. The highest BCUT2D eigenvalue weighted by Crippen LogP contribution is 2.26. The summed E-state index contributed by atoms with van der Waals surface area (Å²) >= 11 is 0. The Hall–Kier alpha value is -3.23. The monoisotopic (exact) mass is 434 g/mol. The van der Waals surface area contributed by atoms with Gasteiger partial charge < -0.3 is 20.3 Å². The fourth-order valence-electron chi connectivity index (χ4n) is 3.32. The van der Waals surface area contributed by atoms with Gasteiger partial charge in [0.25, 0.3) is 0 Å². The molecule has 166 valence electrons. The van der Waals surface area contributed by atoms with Crippen LogP contribution in [0.5, 0.6) is 5.75 Å². The number of para-hydroxylation sites is 1. The average molecular weight is 434 g/mol. The molecule has 6 nitrogen and oxygen atoms in total. The Morgan fingerprint density at radius 3 is 2.58 bits per heavy atom. The van der Waals surface area contributed by atoms with Crippen LogP contribution in [0, 0.1) is 0 Å². The van der Waals surface area contributed by atoms with Crippen LogP contribution in [0.15, 0.2) is 53.5 Å². The number of halogens is 3. The van der Waals surface area contributed by atoms with Gasteiger partial charge in [-0.1, -0.05) is 30.3 Å². The molecular weight excluding hydrogens is 409 g/mol. The van der Waals surface area contributed by atoms with Gasteiger partial charge in [-0.15, -0.1) is 0 Å². The van der Waals surface area contributed by atoms with E-state index in [4.69, 9.17) is 4.74 Å². The third-order valence-electron chi connectivity index (χ3n) is 4.83. The fraction of sp³-hybridized carbons (Fsp3) is 0.364. The summed E-state index contributed by atoms with van der Waals surface area (Å²) in [6.07, 6.45) is -2.47. The number of nitrogens with zero attached hydrogens (tertiary/aromatic N) is 2. The zero-order chi connectivity index (χ0) is 22.3. The van der Waals surface area contributed by atoms with E-state index in [0.29, 0.717) is 19.0 Å². The predicted molar refractivity (Wildman–Crippen MR) is 113 cm³/mol. The number of guanidine groups is 1. The molecule has 0 saturated heterocycles. The number of aryl methyl sites for hydroxylation is 1. The maximum absolute atomic E-state index is 12.7. The molecule has 31 heavy (non-hydrogen) atoms. The maximum Gasteiger partial charge on any atom is 0.422 e. The van der Waals surface area contributed by atoms with E-state index in [1.807, 2.05) is 24.3 Å². The first-order valence-corrected chi connectivity index (χ1v) is 9.97. The summed E-state index contributed by atoms with van der Waals surface area (Å²) in [4.78, 5) is 18.6. The van der Waals surface area contributed by atoms with Crippen molar-refractivity contribution in [3.05, 3.63) is 59.7 Å². The Morgan fingerprint density at radius 1 is 1.13 bits per heavy atom. The largest absolute Gasteiger partial charge is 0.484 e. The lowest BCUT2D eigenvalue weighted by atomic mass is 10.0. The number of hydrogen-bond acceptors (Lipinski definition) is 3. The van der Waals surface area contributed by atoms with E-state index in [1.165, 1.54) is 17.7 Å². The normalized spacial score (nSPS) is 14.1. The van der Waals surface area contributed by atoms with Crippen LogP contribution in [0.25, 0.3) is 0 Å². The highest BCUT2D eigenvalue weighted by Gasteiger charge is 2.28. The molecule has 1 aliphatic rings. The van der Waals surface area contributed by atoms with Crippen LogP contribution >= 0.6 is 0 Å². The molecule has 2 N–H and O–H groups in total. The van der Waals surface area contributed by atoms with Gasteiger partial charge in [-0.2, -0.15) is 13.2 Å². The van der Waals surface area contributed by atoms with E-state index < -0.39 is 12.8 Å². The molecule has 0 spiro atoms. The van der Waals surface area contributed by atoms with Gasteiger partial charge in [0.05, 0.1) is 6.54 Å². The van der Waals surface area contributed by atoms with E-state index >= 15 is 0 Å². The lowest BCUT2D eigenvalue weighted by Gasteiger charge is -2.29. The molecule has 3 rings (SSSR count). The second-order valence-electron chi connectivity index (χ2n) is 7.10. The number of amides is 1. The van der Waals surface area contributed by atoms with E-state index in [9.17, 15) is 18.0 Å². The van der Waals surface area contributed by atoms with E-state index in [-0.39, 0.29) is 18.2 Å². The van der Waals surface area contributed by atoms with Crippen LogP contribution in [-0.2, 0) is 17.8 Å². The van der Waals surface area contributed by atoms with Crippen LogP contribution in [-0.4, -0.2) is 44.8 Å². The number of carbonyl (C=O) groups excluding carboxylic acids is 1. The minimum Gasteiger partial charge on any atom is -0.484 e. The van der Waals surface area contributed by atoms with Crippen molar-refractivity contribution in [2.45, 2.75) is 25.6 Å². The Bertz CT molecular complexity index is 914. The van der Waals surface area contributed by atoms with Crippen molar-refractivity contribution >= 4 is 17.6 Å². The lowest BCUT2D eigenvalue weighted by Crippen LogP contribution is -2.45. The first kappa shape index (κ1) is 22.5. The Balaban J connectivity index is 1.47. The molecule has 0 aromatic heterocycles. The van der Waals surface area contributed by atoms with Crippen molar-refractivity contribution in [3.63, 3.8) is 0 Å². The number of aliphatic imine (C=N–C) groups is 1. The molecule has 0 bridgehead atoms. The summed E-state index contributed by atoms with van der Waals surface area (Å²) in [5.74, 6) is 0.563. The van der Waals surface area contributed by atoms with Crippen LogP contribution < -0.4 is 20.3 Å². The summed E-state index contributed by atoms with van der Waals surface area (Å²) in [5, 5.41) is 6.10. The number of hydrogen-bond donors (Lipinski definition) is 2. The molecule has 0 aliphatic carbocycles. The summed E-state index contributed by atoms with van der Waals surface area (Å²) < 4.78 is 41.3. The predicted octanol–water partition coefficient (Wildman–Crippen LogP) is 3.27. The average Bonchev–Trinajstić information content (AvgIpc) is 2.77. The Labute approximate surface area is 179 Å². The summed E-state index contributed by atoms with van der Waals surface area (Å²) in [6, 6.07) is 14.2. The standard InChI is InChI=1S/C22H25F3N4O2/c1-26-21(27-13-16-8-10-18(11-9-16)31-15-22(23,24)25)28-14-20(30)29-12-4-6-17-5-2-3-7-19(17)29/h2-3,5,7-11H,4,6,12-15H2,1H3,(H2,26,27,28). The highest BCUT2D eigenvalue weighted by atomic mass is 19.4. The molecule has 1 aliphatic heterocycles. The van der Waals surface area contributed by atoms with E-state index in [0.717, 1.165) is 24.1 Å². The fourth-order valence-corrected chi connectivity index (χ4v) is 3.32. The third-order valence-corrected chi connectivity index (χ3v) is 4.83. The van der Waals surface area contributed by atoms with Crippen LogP contribution in [0.1, 0.15) is 17.5 Å². The third kappa shape index (κ3) is 6.63. The first-order chi connectivity index (χ1) is 14.9. The number of nitrogens with one attached hydrogen (secondary N) is 2. The number of ether oxygens (including phenoxy) is 1. The number of carbonyl (C=O) groups is 1. The molecule has 0 radical (unpaired) electrons. The molecule has 0 unspecified atom stereocenters. The van der Waals surface area contributed by atoms with Gasteiger partial charge in [0, 0.05) is 25.8 Å². The molecule has 0 saturated carbocycles. The quantitative estimate of drug-likeness (QED) is 0.541. The number of alkyl halides is 3. The van der Waals surface area contributed by atoms with Gasteiger partial charge >= 0.3 is 6.18 Å². The van der Waals surface area contributed by atoms with Crippen molar-refractivity contribution < 1.29 is 22.7 Å². The molecule has 1 amide bonds. The van der Waals surface area contributed by atoms with Gasteiger partial charge in [-0.05, 0) is 42.2 Å². The SMILES string of the molecule is CN=C(NCC(=O)N1CCCc2ccccc21)NCc1ccc(OCC(F)(F)F)cc1. The van der Waals surface area contributed by atoms with Crippen LogP contribution in [0.2, 0.25) is 0 Å². The molecule has 2 aromatic carbocycles. The van der Waals surface area contributed by atoms with Gasteiger partial charge in [0.1, 0.15) is 5.75 Å². The second kappa shape index (κ2) is 10.2. The summed E-state index contributed by atoms with van der Waals surface area (Å²) in [7, 11) is 1.60.